The number of carbonyl (C=O) groups excluding carboxylic acids is 2. The van der Waals surface area contributed by atoms with E-state index < -0.39 is 18.5 Å². The highest BCUT2D eigenvalue weighted by Crippen LogP contribution is 2.37. The molecule has 150 valence electrons. The van der Waals surface area contributed by atoms with Crippen molar-refractivity contribution in [1.82, 2.24) is 4.90 Å². The van der Waals surface area contributed by atoms with Crippen molar-refractivity contribution in [3.8, 4) is 5.75 Å². The molecule has 2 amide bonds. The van der Waals surface area contributed by atoms with E-state index in [1.807, 2.05) is 24.3 Å². The maximum absolute atomic E-state index is 12.7. The van der Waals surface area contributed by atoms with Crippen molar-refractivity contribution < 1.29 is 24.2 Å². The molecule has 0 saturated carbocycles. The Morgan fingerprint density at radius 2 is 1.79 bits per heavy atom. The molecule has 0 spiro atoms. The number of thioether (sulfide) groups is 1. The maximum Gasteiger partial charge on any atom is 0.341 e. The number of imide groups is 1. The fraction of sp³-hybridized carbons (Fsp3) is 0.105. The summed E-state index contributed by atoms with van der Waals surface area (Å²) < 4.78 is 5.96. The molecule has 0 unspecified atom stereocenters. The molecule has 2 aromatic rings. The van der Waals surface area contributed by atoms with Gasteiger partial charge in [0.05, 0.1) is 21.5 Å². The van der Waals surface area contributed by atoms with E-state index in [4.69, 9.17) is 33.0 Å². The SMILES string of the molecule is O=C(O)COc1c(Cl)cc(/C=C2\SC(=O)N(Cc3ccc(Br)cc3)C2=O)cc1Cl. The predicted molar refractivity (Wildman–Crippen MR) is 115 cm³/mol. The first-order valence-corrected chi connectivity index (χ1v) is 10.4. The van der Waals surface area contributed by atoms with Crippen LogP contribution in [0.3, 0.4) is 0 Å². The molecule has 1 aliphatic heterocycles. The van der Waals surface area contributed by atoms with Crippen LogP contribution in [0.4, 0.5) is 4.79 Å². The Morgan fingerprint density at radius 1 is 1.17 bits per heavy atom. The van der Waals surface area contributed by atoms with Gasteiger partial charge in [-0.25, -0.2) is 4.79 Å². The van der Waals surface area contributed by atoms with E-state index in [-0.39, 0.29) is 32.5 Å². The Hall–Kier alpha value is -2.00. The quantitative estimate of drug-likeness (QED) is 0.513. The van der Waals surface area contributed by atoms with Gasteiger partial charge < -0.3 is 9.84 Å². The molecule has 1 saturated heterocycles. The highest BCUT2D eigenvalue weighted by molar-refractivity contribution is 9.10. The van der Waals surface area contributed by atoms with Crippen LogP contribution >= 0.6 is 50.9 Å². The number of halogens is 3. The second-order valence-electron chi connectivity index (χ2n) is 5.89. The van der Waals surface area contributed by atoms with E-state index in [1.165, 1.54) is 18.2 Å². The number of carboxylic acid groups (broad SMARTS) is 1. The van der Waals surface area contributed by atoms with Gasteiger partial charge in [-0.3, -0.25) is 14.5 Å². The summed E-state index contributed by atoms with van der Waals surface area (Å²) >= 11 is 16.4. The van der Waals surface area contributed by atoms with Crippen LogP contribution in [0, 0.1) is 0 Å². The fourth-order valence-corrected chi connectivity index (χ4v) is 4.21. The normalized spacial score (nSPS) is 15.3. The zero-order valence-electron chi connectivity index (χ0n) is 14.5. The summed E-state index contributed by atoms with van der Waals surface area (Å²) in [5, 5.41) is 8.52. The lowest BCUT2D eigenvalue weighted by Gasteiger charge is -2.12. The van der Waals surface area contributed by atoms with Gasteiger partial charge in [-0.05, 0) is 53.2 Å². The van der Waals surface area contributed by atoms with Crippen molar-refractivity contribution in [2.45, 2.75) is 6.54 Å². The topological polar surface area (TPSA) is 83.9 Å². The van der Waals surface area contributed by atoms with Crippen molar-refractivity contribution >= 4 is 74.1 Å². The molecule has 0 aliphatic carbocycles. The van der Waals surface area contributed by atoms with Gasteiger partial charge >= 0.3 is 5.97 Å². The maximum atomic E-state index is 12.7. The smallest absolute Gasteiger partial charge is 0.341 e. The van der Waals surface area contributed by atoms with Gasteiger partial charge in [0, 0.05) is 4.47 Å². The molecule has 1 heterocycles. The number of benzene rings is 2. The zero-order chi connectivity index (χ0) is 21.1. The van der Waals surface area contributed by atoms with Gasteiger partial charge in [0.1, 0.15) is 0 Å². The highest BCUT2D eigenvalue weighted by atomic mass is 79.9. The van der Waals surface area contributed by atoms with E-state index in [0.717, 1.165) is 26.7 Å². The molecule has 6 nitrogen and oxygen atoms in total. The van der Waals surface area contributed by atoms with Crippen molar-refractivity contribution in [3.63, 3.8) is 0 Å². The summed E-state index contributed by atoms with van der Waals surface area (Å²) in [6, 6.07) is 10.3. The number of carbonyl (C=O) groups is 3. The average Bonchev–Trinajstić information content (AvgIpc) is 2.90. The number of carboxylic acids is 1. The number of amides is 2. The molecule has 1 aliphatic rings. The Morgan fingerprint density at radius 3 is 2.38 bits per heavy atom. The molecule has 10 heteroatoms. The Bertz CT molecular complexity index is 1000. The molecule has 0 atom stereocenters. The minimum absolute atomic E-state index is 0.0382. The Balaban J connectivity index is 1.80. The third-order valence-corrected chi connectivity index (χ3v) is 5.78. The summed E-state index contributed by atoms with van der Waals surface area (Å²) in [6.45, 7) is -0.424. The average molecular weight is 517 g/mol. The van der Waals surface area contributed by atoms with E-state index in [9.17, 15) is 14.4 Å². The summed E-state index contributed by atoms with van der Waals surface area (Å²) in [5.41, 5.74) is 1.31. The highest BCUT2D eigenvalue weighted by Gasteiger charge is 2.35. The van der Waals surface area contributed by atoms with Gasteiger partial charge in [-0.15, -0.1) is 0 Å². The van der Waals surface area contributed by atoms with E-state index in [1.54, 1.807) is 0 Å². The molecule has 1 fully saturated rings. The first kappa shape index (κ1) is 21.7. The van der Waals surface area contributed by atoms with Crippen molar-refractivity contribution in [1.29, 1.82) is 0 Å². The molecule has 0 bridgehead atoms. The minimum atomic E-state index is -1.17. The first-order chi connectivity index (χ1) is 13.7. The third-order valence-electron chi connectivity index (χ3n) is 3.79. The lowest BCUT2D eigenvalue weighted by molar-refractivity contribution is -0.139. The first-order valence-electron chi connectivity index (χ1n) is 8.08. The number of nitrogens with zero attached hydrogens (tertiary/aromatic N) is 1. The molecule has 3 rings (SSSR count). The summed E-state index contributed by atoms with van der Waals surface area (Å²) in [4.78, 5) is 37.0. The lowest BCUT2D eigenvalue weighted by atomic mass is 10.2. The number of hydrogen-bond acceptors (Lipinski definition) is 5. The van der Waals surface area contributed by atoms with Crippen LogP contribution in [0.15, 0.2) is 45.8 Å². The van der Waals surface area contributed by atoms with Crippen LogP contribution in [0.2, 0.25) is 10.0 Å². The van der Waals surface area contributed by atoms with Crippen LogP contribution in [0.25, 0.3) is 6.08 Å². The summed E-state index contributed by atoms with van der Waals surface area (Å²) in [5.74, 6) is -1.54. The zero-order valence-corrected chi connectivity index (χ0v) is 18.4. The van der Waals surface area contributed by atoms with E-state index in [2.05, 4.69) is 15.9 Å². The van der Waals surface area contributed by atoms with Gasteiger partial charge in [0.25, 0.3) is 11.1 Å². The van der Waals surface area contributed by atoms with Crippen LogP contribution in [0.5, 0.6) is 5.75 Å². The second-order valence-corrected chi connectivity index (χ2v) is 8.61. The predicted octanol–water partition coefficient (Wildman–Crippen LogP) is 5.46. The molecule has 0 radical (unpaired) electrons. The molecular weight excluding hydrogens is 505 g/mol. The molecule has 2 aromatic carbocycles. The van der Waals surface area contributed by atoms with Crippen molar-refractivity contribution in [2.24, 2.45) is 0 Å². The number of rotatable bonds is 6. The second kappa shape index (κ2) is 9.21. The van der Waals surface area contributed by atoms with Crippen LogP contribution in [-0.2, 0) is 16.1 Å². The van der Waals surface area contributed by atoms with Gasteiger partial charge in [0.15, 0.2) is 12.4 Å². The van der Waals surface area contributed by atoms with Crippen LogP contribution in [-0.4, -0.2) is 33.7 Å². The van der Waals surface area contributed by atoms with Gasteiger partial charge in [0.2, 0.25) is 0 Å². The largest absolute Gasteiger partial charge is 0.479 e. The summed E-state index contributed by atoms with van der Waals surface area (Å²) in [6.07, 6.45) is 1.51. The van der Waals surface area contributed by atoms with Crippen molar-refractivity contribution in [2.75, 3.05) is 6.61 Å². The number of hydrogen-bond donors (Lipinski definition) is 1. The Labute approximate surface area is 188 Å². The van der Waals surface area contributed by atoms with Crippen LogP contribution in [0.1, 0.15) is 11.1 Å². The van der Waals surface area contributed by atoms with Crippen LogP contribution < -0.4 is 4.74 Å². The van der Waals surface area contributed by atoms with E-state index in [0.29, 0.717) is 5.56 Å². The standard InChI is InChI=1S/C19H12BrCl2NO5S/c20-12-3-1-10(2-4-12)8-23-18(26)15(29-19(23)27)7-11-5-13(21)17(14(22)6-11)28-9-16(24)25/h1-7H,8-9H2,(H,24,25)/b15-7-. The molecule has 0 aromatic heterocycles. The molecule has 1 N–H and O–H groups in total. The fourth-order valence-electron chi connectivity index (χ4n) is 2.49. The third kappa shape index (κ3) is 5.33. The van der Waals surface area contributed by atoms with Gasteiger partial charge in [-0.1, -0.05) is 51.3 Å². The lowest BCUT2D eigenvalue weighted by Crippen LogP contribution is -2.27. The molecule has 29 heavy (non-hydrogen) atoms. The monoisotopic (exact) mass is 515 g/mol. The summed E-state index contributed by atoms with van der Waals surface area (Å²) in [7, 11) is 0. The van der Waals surface area contributed by atoms with E-state index >= 15 is 0 Å². The van der Waals surface area contributed by atoms with Gasteiger partial charge in [-0.2, -0.15) is 0 Å². The Kier molecular flexibility index (Phi) is 6.89. The number of aliphatic carboxylic acids is 1. The molecular formula is C19H12BrCl2NO5S. The number of ether oxygens (including phenoxy) is 1. The van der Waals surface area contributed by atoms with Crippen molar-refractivity contribution in [3.05, 3.63) is 66.9 Å². The minimum Gasteiger partial charge on any atom is -0.479 e.